The highest BCUT2D eigenvalue weighted by Gasteiger charge is 2.44. The van der Waals surface area contributed by atoms with Crippen LogP contribution in [0, 0.1) is 5.82 Å². The van der Waals surface area contributed by atoms with Gasteiger partial charge >= 0.3 is 18.1 Å². The van der Waals surface area contributed by atoms with Gasteiger partial charge in [-0.1, -0.05) is 67.8 Å². The quantitative estimate of drug-likeness (QED) is 0.0933. The Hall–Kier alpha value is -5.16. The first-order valence-electron chi connectivity index (χ1n) is 16.7. The summed E-state index contributed by atoms with van der Waals surface area (Å²) in [4.78, 5) is 50.6. The predicted octanol–water partition coefficient (Wildman–Crippen LogP) is 7.85. The summed E-state index contributed by atoms with van der Waals surface area (Å²) in [7, 11) is -1.11. The number of carbonyl (C=O) groups is 4. The molecule has 0 radical (unpaired) electrons. The summed E-state index contributed by atoms with van der Waals surface area (Å²) < 4.78 is 47.0. The Balaban J connectivity index is 1.00. The summed E-state index contributed by atoms with van der Waals surface area (Å²) in [5.41, 5.74) is 3.66. The lowest BCUT2D eigenvalue weighted by molar-refractivity contribution is -0.147. The summed E-state index contributed by atoms with van der Waals surface area (Å²) in [5.74, 6) is -2.39. The van der Waals surface area contributed by atoms with Crippen molar-refractivity contribution < 1.29 is 46.7 Å². The Labute approximate surface area is 298 Å². The zero-order valence-electron chi connectivity index (χ0n) is 28.7. The average Bonchev–Trinajstić information content (AvgIpc) is 3.56. The van der Waals surface area contributed by atoms with E-state index in [1.807, 2.05) is 31.2 Å². The summed E-state index contributed by atoms with van der Waals surface area (Å²) in [6.45, 7) is 3.68. The van der Waals surface area contributed by atoms with Gasteiger partial charge in [-0.2, -0.15) is 0 Å². The molecule has 1 aliphatic carbocycles. The van der Waals surface area contributed by atoms with Crippen LogP contribution in [0.3, 0.4) is 0 Å². The second kappa shape index (κ2) is 16.7. The highest BCUT2D eigenvalue weighted by Crippen LogP contribution is 2.44. The lowest BCUT2D eigenvalue weighted by Gasteiger charge is -2.23. The summed E-state index contributed by atoms with van der Waals surface area (Å²) >= 11 is 0. The molecule has 3 aromatic carbocycles. The molecule has 2 atom stereocenters. The lowest BCUT2D eigenvalue weighted by atomic mass is 9.92. The van der Waals surface area contributed by atoms with Crippen molar-refractivity contribution in [1.29, 1.82) is 0 Å². The second-order valence-electron chi connectivity index (χ2n) is 12.4. The van der Waals surface area contributed by atoms with Gasteiger partial charge in [0.1, 0.15) is 5.82 Å². The Kier molecular flexibility index (Phi) is 12.1. The van der Waals surface area contributed by atoms with E-state index in [-0.39, 0.29) is 31.2 Å². The van der Waals surface area contributed by atoms with E-state index in [0.29, 0.717) is 34.4 Å². The van der Waals surface area contributed by atoms with Crippen LogP contribution in [0.25, 0.3) is 17.2 Å². The van der Waals surface area contributed by atoms with Crippen molar-refractivity contribution in [2.24, 2.45) is 0 Å². The first kappa shape index (κ1) is 37.1. The molecule has 0 amide bonds. The van der Waals surface area contributed by atoms with Crippen LogP contribution in [-0.4, -0.2) is 47.6 Å². The molecule has 0 bridgehead atoms. The number of benzene rings is 3. The van der Waals surface area contributed by atoms with Gasteiger partial charge < -0.3 is 18.9 Å². The van der Waals surface area contributed by atoms with Crippen LogP contribution in [0.1, 0.15) is 74.6 Å². The van der Waals surface area contributed by atoms with Gasteiger partial charge in [0.15, 0.2) is 5.60 Å². The van der Waals surface area contributed by atoms with Crippen LogP contribution in [-0.2, 0) is 49.7 Å². The maximum Gasteiger partial charge on any atom is 0.516 e. The Bertz CT molecular complexity index is 1930. The van der Waals surface area contributed by atoms with Gasteiger partial charge in [0.25, 0.3) is 0 Å². The highest BCUT2D eigenvalue weighted by atomic mass is 32.2. The van der Waals surface area contributed by atoms with Crippen LogP contribution in [0.4, 0.5) is 9.18 Å². The molecular formula is C40H39FO9S. The van der Waals surface area contributed by atoms with Crippen LogP contribution >= 0.6 is 0 Å². The molecule has 11 heteroatoms. The molecule has 1 aliphatic heterocycles. The molecule has 0 aromatic heterocycles. The number of allylic oxidation sites excluding steroid dienone is 2. The Morgan fingerprint density at radius 3 is 2.24 bits per heavy atom. The monoisotopic (exact) mass is 714 g/mol. The minimum absolute atomic E-state index is 0.0634. The van der Waals surface area contributed by atoms with E-state index < -0.39 is 40.3 Å². The topological polar surface area (TPSA) is 122 Å². The standard InChI is InChI=1S/C40H39FO9S/c1-26-32(22-27-14-17-30(18-15-27)51(3)46)31-19-16-29(41)23-34(31)33(26)24-37(43)49-39(45)48-21-11-6-4-5-10-20-47-38(44)35-25-36(42)40(2,50-35)28-12-8-7-9-13-28/h7-9,12-19,22-23,25H,4-6,10-11,20-21,24H2,1-3H3/b32-22-. The number of fused-ring (bicyclic) bond motifs is 1. The van der Waals surface area contributed by atoms with Gasteiger partial charge in [-0.25, -0.2) is 14.0 Å². The Morgan fingerprint density at radius 1 is 0.882 bits per heavy atom. The van der Waals surface area contributed by atoms with E-state index in [0.717, 1.165) is 41.5 Å². The molecular weight excluding hydrogens is 675 g/mol. The summed E-state index contributed by atoms with van der Waals surface area (Å²) in [5, 5.41) is 0. The molecule has 0 saturated carbocycles. The molecule has 0 fully saturated rings. The summed E-state index contributed by atoms with van der Waals surface area (Å²) in [6.07, 6.45) is 6.78. The third-order valence-corrected chi connectivity index (χ3v) is 9.74. The van der Waals surface area contributed by atoms with E-state index in [4.69, 9.17) is 18.9 Å². The molecule has 0 saturated heterocycles. The van der Waals surface area contributed by atoms with E-state index in [1.165, 1.54) is 18.2 Å². The highest BCUT2D eigenvalue weighted by molar-refractivity contribution is 7.84. The minimum Gasteiger partial charge on any atom is -0.467 e. The molecule has 266 valence electrons. The summed E-state index contributed by atoms with van der Waals surface area (Å²) in [6, 6.07) is 20.6. The van der Waals surface area contributed by atoms with Gasteiger partial charge in [-0.3, -0.25) is 13.8 Å². The third kappa shape index (κ3) is 9.15. The predicted molar refractivity (Wildman–Crippen MR) is 190 cm³/mol. The molecule has 2 aliphatic rings. The number of unbranched alkanes of at least 4 members (excludes halogenated alkanes) is 4. The van der Waals surface area contributed by atoms with E-state index in [1.54, 1.807) is 55.6 Å². The molecule has 1 heterocycles. The number of hydrogen-bond donors (Lipinski definition) is 0. The molecule has 51 heavy (non-hydrogen) atoms. The van der Waals surface area contributed by atoms with E-state index >= 15 is 0 Å². The molecule has 5 rings (SSSR count). The number of carbonyl (C=O) groups excluding carboxylic acids is 4. The third-order valence-electron chi connectivity index (χ3n) is 8.81. The van der Waals surface area contributed by atoms with E-state index in [2.05, 4.69) is 0 Å². The number of ketones is 1. The zero-order valence-corrected chi connectivity index (χ0v) is 29.5. The molecule has 0 N–H and O–H groups in total. The normalized spacial score (nSPS) is 17.8. The molecule has 3 aromatic rings. The van der Waals surface area contributed by atoms with Crippen LogP contribution in [0.5, 0.6) is 0 Å². The fourth-order valence-electron chi connectivity index (χ4n) is 5.95. The van der Waals surface area contributed by atoms with Gasteiger partial charge in [0.05, 0.1) is 19.6 Å². The average molecular weight is 715 g/mol. The molecule has 2 unspecified atom stereocenters. The van der Waals surface area contributed by atoms with Crippen molar-refractivity contribution in [3.8, 4) is 0 Å². The smallest absolute Gasteiger partial charge is 0.467 e. The second-order valence-corrected chi connectivity index (χ2v) is 13.8. The maximum absolute atomic E-state index is 14.2. The first-order chi connectivity index (χ1) is 24.5. The van der Waals surface area contributed by atoms with Crippen molar-refractivity contribution in [3.63, 3.8) is 0 Å². The van der Waals surface area contributed by atoms with Crippen molar-refractivity contribution in [2.45, 2.75) is 62.9 Å². The first-order valence-corrected chi connectivity index (χ1v) is 18.2. The van der Waals surface area contributed by atoms with Gasteiger partial charge in [-0.05, 0) is 90.4 Å². The van der Waals surface area contributed by atoms with Crippen molar-refractivity contribution in [1.82, 2.24) is 0 Å². The van der Waals surface area contributed by atoms with Gasteiger partial charge in [0.2, 0.25) is 11.5 Å². The number of esters is 2. The number of ether oxygens (including phenoxy) is 4. The fourth-order valence-corrected chi connectivity index (χ4v) is 6.47. The molecule has 0 spiro atoms. The van der Waals surface area contributed by atoms with Crippen molar-refractivity contribution in [3.05, 3.63) is 118 Å². The van der Waals surface area contributed by atoms with Gasteiger partial charge in [-0.15, -0.1) is 0 Å². The maximum atomic E-state index is 14.2. The largest absolute Gasteiger partial charge is 0.516 e. The van der Waals surface area contributed by atoms with Crippen molar-refractivity contribution in [2.75, 3.05) is 19.5 Å². The van der Waals surface area contributed by atoms with Crippen LogP contribution < -0.4 is 0 Å². The SMILES string of the molecule is CC1=C(CC(=O)OC(=O)OCCCCCCCOC(=O)C2=CC(=O)C(C)(c3ccccc3)O2)c2cc(F)ccc2/C1=C\c1ccc(S(C)=O)cc1. The lowest BCUT2D eigenvalue weighted by Crippen LogP contribution is -2.30. The van der Waals surface area contributed by atoms with E-state index in [9.17, 15) is 27.8 Å². The fraction of sp³-hybridized carbons (Fsp3) is 0.300. The minimum atomic E-state index is -1.26. The zero-order chi connectivity index (χ0) is 36.5. The van der Waals surface area contributed by atoms with Crippen LogP contribution in [0.2, 0.25) is 0 Å². The number of hydrogen-bond acceptors (Lipinski definition) is 9. The molecule has 9 nitrogen and oxygen atoms in total. The number of halogens is 1. The van der Waals surface area contributed by atoms with Crippen LogP contribution in [0.15, 0.2) is 95.1 Å². The Morgan fingerprint density at radius 2 is 1.55 bits per heavy atom. The van der Waals surface area contributed by atoms with Crippen molar-refractivity contribution >= 4 is 51.9 Å². The van der Waals surface area contributed by atoms with Gasteiger partial charge in [0, 0.05) is 33.6 Å². The number of rotatable bonds is 14.